The first-order chi connectivity index (χ1) is 14.5. The van der Waals surface area contributed by atoms with E-state index in [9.17, 15) is 4.79 Å². The molecule has 154 valence electrons. The van der Waals surface area contributed by atoms with Crippen molar-refractivity contribution in [2.75, 3.05) is 12.4 Å². The van der Waals surface area contributed by atoms with Gasteiger partial charge in [-0.15, -0.1) is 0 Å². The molecule has 0 saturated heterocycles. The molecule has 0 aliphatic carbocycles. The number of aromatic nitrogens is 2. The van der Waals surface area contributed by atoms with E-state index in [1.165, 1.54) is 0 Å². The van der Waals surface area contributed by atoms with Crippen molar-refractivity contribution in [3.05, 3.63) is 65.2 Å². The Labute approximate surface area is 174 Å². The van der Waals surface area contributed by atoms with Crippen molar-refractivity contribution in [1.29, 1.82) is 0 Å². The van der Waals surface area contributed by atoms with Crippen LogP contribution in [0.2, 0.25) is 0 Å². The van der Waals surface area contributed by atoms with E-state index >= 15 is 0 Å². The highest BCUT2D eigenvalue weighted by Crippen LogP contribution is 2.32. The maximum absolute atomic E-state index is 13.2. The van der Waals surface area contributed by atoms with E-state index in [0.29, 0.717) is 34.1 Å². The van der Waals surface area contributed by atoms with Gasteiger partial charge in [-0.05, 0) is 24.6 Å². The van der Waals surface area contributed by atoms with Crippen molar-refractivity contribution in [1.82, 2.24) is 10.1 Å². The molecule has 1 amide bonds. The lowest BCUT2D eigenvalue weighted by atomic mass is 10.1. The van der Waals surface area contributed by atoms with Crippen LogP contribution in [0.3, 0.4) is 0 Å². The Balaban J connectivity index is 1.74. The molecule has 4 rings (SSSR count). The van der Waals surface area contributed by atoms with Crippen LogP contribution in [0.1, 0.15) is 47.3 Å². The average molecular weight is 405 g/mol. The van der Waals surface area contributed by atoms with Crippen LogP contribution < -0.4 is 5.32 Å². The van der Waals surface area contributed by atoms with E-state index in [0.717, 1.165) is 10.9 Å². The number of para-hydroxylation sites is 2. The third kappa shape index (κ3) is 3.59. The van der Waals surface area contributed by atoms with Crippen LogP contribution >= 0.6 is 0 Å². The molecule has 4 aromatic rings. The molecule has 2 heterocycles. The number of nitrogens with one attached hydrogen (secondary N) is 1. The third-order valence-corrected chi connectivity index (χ3v) is 4.89. The zero-order valence-corrected chi connectivity index (χ0v) is 17.4. The van der Waals surface area contributed by atoms with E-state index in [2.05, 4.69) is 15.5 Å². The number of nitrogens with zero attached hydrogens (tertiary/aromatic N) is 2. The summed E-state index contributed by atoms with van der Waals surface area (Å²) in [4.78, 5) is 17.7. The number of methoxy groups -OCH3 is 1. The van der Waals surface area contributed by atoms with E-state index in [1.54, 1.807) is 7.11 Å². The average Bonchev–Trinajstić information content (AvgIpc) is 3.36. The number of hydrogen-bond donors (Lipinski definition) is 1. The van der Waals surface area contributed by atoms with Gasteiger partial charge in [0, 0.05) is 24.0 Å². The van der Waals surface area contributed by atoms with Crippen LogP contribution in [0.4, 0.5) is 5.69 Å². The van der Waals surface area contributed by atoms with Gasteiger partial charge in [-0.3, -0.25) is 4.79 Å². The number of benzene rings is 2. The van der Waals surface area contributed by atoms with Crippen molar-refractivity contribution < 1.29 is 18.5 Å². The van der Waals surface area contributed by atoms with Gasteiger partial charge in [-0.25, -0.2) is 0 Å². The second kappa shape index (κ2) is 8.12. The van der Waals surface area contributed by atoms with Crippen LogP contribution in [0.5, 0.6) is 0 Å². The molecule has 0 fully saturated rings. The number of aryl methyl sites for hydroxylation is 1. The molecule has 0 unspecified atom stereocenters. The van der Waals surface area contributed by atoms with Crippen molar-refractivity contribution >= 4 is 22.6 Å². The number of hydrogen-bond acceptors (Lipinski definition) is 6. The fourth-order valence-electron chi connectivity index (χ4n) is 3.33. The van der Waals surface area contributed by atoms with Gasteiger partial charge >= 0.3 is 0 Å². The Hall–Kier alpha value is -3.45. The molecule has 0 aliphatic rings. The monoisotopic (exact) mass is 405 g/mol. The minimum absolute atomic E-state index is 0.137. The Morgan fingerprint density at radius 1 is 1.17 bits per heavy atom. The molecule has 0 saturated carbocycles. The van der Waals surface area contributed by atoms with Crippen molar-refractivity contribution in [3.8, 4) is 11.5 Å². The summed E-state index contributed by atoms with van der Waals surface area (Å²) in [6, 6.07) is 13.1. The summed E-state index contributed by atoms with van der Waals surface area (Å²) >= 11 is 0. The Kier molecular flexibility index (Phi) is 5.37. The van der Waals surface area contributed by atoms with Crippen molar-refractivity contribution in [2.24, 2.45) is 0 Å². The summed E-state index contributed by atoms with van der Waals surface area (Å²) in [5.74, 6) is 0.971. The summed E-state index contributed by atoms with van der Waals surface area (Å²) < 4.78 is 16.6. The predicted molar refractivity (Wildman–Crippen MR) is 113 cm³/mol. The lowest BCUT2D eigenvalue weighted by Crippen LogP contribution is -2.15. The van der Waals surface area contributed by atoms with E-state index in [-0.39, 0.29) is 24.2 Å². The van der Waals surface area contributed by atoms with Crippen LogP contribution in [-0.2, 0) is 11.3 Å². The standard InChI is InChI=1S/C23H23N3O4/c1-13(2)21-25-23(30-26-21)16-10-7-8-14(3)19(16)24-22(27)20-17(12-28-4)15-9-5-6-11-18(15)29-20/h5-11,13H,12H2,1-4H3,(H,24,27). The molecular weight excluding hydrogens is 382 g/mol. The summed E-state index contributed by atoms with van der Waals surface area (Å²) in [6.07, 6.45) is 0. The number of carbonyl (C=O) groups excluding carboxylic acids is 1. The minimum Gasteiger partial charge on any atom is -0.451 e. The molecule has 7 heteroatoms. The summed E-state index contributed by atoms with van der Waals surface area (Å²) in [5, 5.41) is 7.86. The van der Waals surface area contributed by atoms with Gasteiger partial charge in [0.1, 0.15) is 5.58 Å². The molecule has 0 radical (unpaired) electrons. The maximum Gasteiger partial charge on any atom is 0.291 e. The number of amides is 1. The number of rotatable bonds is 6. The molecule has 0 atom stereocenters. The molecule has 0 aliphatic heterocycles. The molecule has 2 aromatic carbocycles. The van der Waals surface area contributed by atoms with Gasteiger partial charge in [0.25, 0.3) is 11.8 Å². The number of furan rings is 1. The zero-order valence-electron chi connectivity index (χ0n) is 17.4. The second-order valence-corrected chi connectivity index (χ2v) is 7.40. The van der Waals surface area contributed by atoms with Gasteiger partial charge in [-0.2, -0.15) is 4.98 Å². The quantitative estimate of drug-likeness (QED) is 0.467. The van der Waals surface area contributed by atoms with E-state index in [4.69, 9.17) is 13.7 Å². The van der Waals surface area contributed by atoms with Gasteiger partial charge in [-0.1, -0.05) is 49.3 Å². The zero-order chi connectivity index (χ0) is 21.3. The first-order valence-corrected chi connectivity index (χ1v) is 9.74. The lowest BCUT2D eigenvalue weighted by Gasteiger charge is -2.11. The fraction of sp³-hybridized carbons (Fsp3) is 0.261. The number of anilines is 1. The molecule has 1 N–H and O–H groups in total. The van der Waals surface area contributed by atoms with Gasteiger partial charge in [0.15, 0.2) is 11.6 Å². The maximum atomic E-state index is 13.2. The molecule has 2 aromatic heterocycles. The summed E-state index contributed by atoms with van der Waals surface area (Å²) in [5.41, 5.74) is 3.48. The predicted octanol–water partition coefficient (Wildman–Crippen LogP) is 5.31. The molecule has 30 heavy (non-hydrogen) atoms. The molecular formula is C23H23N3O4. The molecule has 0 spiro atoms. The first kappa shape index (κ1) is 19.8. The topological polar surface area (TPSA) is 90.4 Å². The highest BCUT2D eigenvalue weighted by molar-refractivity contribution is 6.08. The normalized spacial score (nSPS) is 11.4. The molecule has 7 nitrogen and oxygen atoms in total. The largest absolute Gasteiger partial charge is 0.451 e. The lowest BCUT2D eigenvalue weighted by molar-refractivity contribution is 0.0992. The number of ether oxygens (including phenoxy) is 1. The summed E-state index contributed by atoms with van der Waals surface area (Å²) in [7, 11) is 1.59. The van der Waals surface area contributed by atoms with Crippen LogP contribution in [0.25, 0.3) is 22.4 Å². The van der Waals surface area contributed by atoms with Gasteiger partial charge in [0.2, 0.25) is 0 Å². The minimum atomic E-state index is -0.364. The van der Waals surface area contributed by atoms with Crippen molar-refractivity contribution in [2.45, 2.75) is 33.3 Å². The van der Waals surface area contributed by atoms with Crippen LogP contribution in [0, 0.1) is 6.92 Å². The summed E-state index contributed by atoms with van der Waals surface area (Å²) in [6.45, 7) is 6.16. The highest BCUT2D eigenvalue weighted by Gasteiger charge is 2.23. The first-order valence-electron chi connectivity index (χ1n) is 9.74. The smallest absolute Gasteiger partial charge is 0.291 e. The Bertz CT molecular complexity index is 1210. The third-order valence-electron chi connectivity index (χ3n) is 4.89. The van der Waals surface area contributed by atoms with Gasteiger partial charge < -0.3 is 19.0 Å². The number of fused-ring (bicyclic) bond motifs is 1. The van der Waals surface area contributed by atoms with E-state index in [1.807, 2.05) is 63.2 Å². The Morgan fingerprint density at radius 3 is 2.70 bits per heavy atom. The van der Waals surface area contributed by atoms with E-state index < -0.39 is 0 Å². The number of carbonyl (C=O) groups is 1. The van der Waals surface area contributed by atoms with Crippen molar-refractivity contribution in [3.63, 3.8) is 0 Å². The Morgan fingerprint density at radius 2 is 1.97 bits per heavy atom. The fourth-order valence-corrected chi connectivity index (χ4v) is 3.33. The molecule has 0 bridgehead atoms. The SMILES string of the molecule is COCc1c(C(=O)Nc2c(C)cccc2-c2nc(C(C)C)no2)oc2ccccc12. The second-order valence-electron chi connectivity index (χ2n) is 7.40. The van der Waals surface area contributed by atoms with Crippen LogP contribution in [-0.4, -0.2) is 23.2 Å². The highest BCUT2D eigenvalue weighted by atomic mass is 16.5. The van der Waals surface area contributed by atoms with Crippen LogP contribution in [0.15, 0.2) is 51.4 Å². The van der Waals surface area contributed by atoms with Gasteiger partial charge in [0.05, 0.1) is 17.9 Å².